The first kappa shape index (κ1) is 15.7. The van der Waals surface area contributed by atoms with Crippen LogP contribution in [0.25, 0.3) is 0 Å². The Balaban J connectivity index is 2.05. The molecule has 21 heavy (non-hydrogen) atoms. The van der Waals surface area contributed by atoms with Crippen molar-refractivity contribution in [3.8, 4) is 0 Å². The van der Waals surface area contributed by atoms with Gasteiger partial charge in [-0.05, 0) is 33.6 Å². The van der Waals surface area contributed by atoms with Crippen molar-refractivity contribution in [1.82, 2.24) is 15.3 Å². The van der Waals surface area contributed by atoms with E-state index in [-0.39, 0.29) is 12.0 Å². The Hall–Kier alpha value is -1.69. The molecule has 6 nitrogen and oxygen atoms in total. The van der Waals surface area contributed by atoms with Crippen LogP contribution < -0.4 is 10.2 Å². The van der Waals surface area contributed by atoms with E-state index in [2.05, 4.69) is 34.0 Å². The summed E-state index contributed by atoms with van der Waals surface area (Å²) < 4.78 is 5.50. The van der Waals surface area contributed by atoms with E-state index in [0.29, 0.717) is 18.1 Å². The fraction of sp³-hybridized carbons (Fsp3) is 0.667. The molecule has 1 aliphatic heterocycles. The number of ether oxygens (including phenoxy) is 1. The van der Waals surface area contributed by atoms with Gasteiger partial charge in [0, 0.05) is 32.3 Å². The Kier molecular flexibility index (Phi) is 5.50. The number of carbonyl (C=O) groups excluding carboxylic acids is 1. The molecule has 1 aliphatic rings. The maximum Gasteiger partial charge on any atom is 0.270 e. The summed E-state index contributed by atoms with van der Waals surface area (Å²) in [7, 11) is 0. The zero-order chi connectivity index (χ0) is 15.2. The van der Waals surface area contributed by atoms with Crippen LogP contribution in [0.2, 0.25) is 0 Å². The molecule has 2 heterocycles. The van der Waals surface area contributed by atoms with Gasteiger partial charge in [0.1, 0.15) is 17.3 Å². The molecule has 1 N–H and O–H groups in total. The maximum absolute atomic E-state index is 12.2. The molecule has 1 aromatic heterocycles. The number of nitrogens with one attached hydrogen (secondary N) is 1. The third-order valence-electron chi connectivity index (χ3n) is 3.66. The van der Waals surface area contributed by atoms with E-state index in [1.165, 1.54) is 0 Å². The number of carbonyl (C=O) groups is 1. The van der Waals surface area contributed by atoms with Crippen LogP contribution in [0.1, 0.15) is 43.0 Å². The van der Waals surface area contributed by atoms with Crippen molar-refractivity contribution < 1.29 is 9.53 Å². The molecule has 0 radical (unpaired) electrons. The van der Waals surface area contributed by atoms with Gasteiger partial charge in [0.15, 0.2) is 0 Å². The van der Waals surface area contributed by atoms with Crippen LogP contribution in [0.4, 0.5) is 5.82 Å². The molecule has 0 aromatic carbocycles. The van der Waals surface area contributed by atoms with Crippen molar-refractivity contribution in [3.63, 3.8) is 0 Å². The van der Waals surface area contributed by atoms with Crippen LogP contribution in [0.3, 0.4) is 0 Å². The first-order valence-corrected chi connectivity index (χ1v) is 7.64. The highest BCUT2D eigenvalue weighted by Gasteiger charge is 2.18. The van der Waals surface area contributed by atoms with Crippen LogP contribution in [-0.4, -0.2) is 48.2 Å². The summed E-state index contributed by atoms with van der Waals surface area (Å²) in [5, 5.41) is 2.90. The van der Waals surface area contributed by atoms with Crippen molar-refractivity contribution in [3.05, 3.63) is 17.6 Å². The minimum Gasteiger partial charge on any atom is -0.376 e. The molecule has 0 bridgehead atoms. The van der Waals surface area contributed by atoms with Gasteiger partial charge in [-0.3, -0.25) is 4.79 Å². The topological polar surface area (TPSA) is 67.4 Å². The molecular formula is C15H24N4O2. The van der Waals surface area contributed by atoms with Gasteiger partial charge in [-0.1, -0.05) is 0 Å². The summed E-state index contributed by atoms with van der Waals surface area (Å²) in [6.45, 7) is 8.98. The number of aryl methyl sites for hydroxylation is 1. The fourth-order valence-corrected chi connectivity index (χ4v) is 2.48. The molecule has 1 aromatic rings. The average Bonchev–Trinajstić information content (AvgIpc) is 2.99. The van der Waals surface area contributed by atoms with Crippen molar-refractivity contribution in [2.45, 2.75) is 39.7 Å². The lowest BCUT2D eigenvalue weighted by molar-refractivity contribution is 0.0853. The number of hydrogen-bond acceptors (Lipinski definition) is 5. The predicted molar refractivity (Wildman–Crippen MR) is 81.6 cm³/mol. The lowest BCUT2D eigenvalue weighted by Gasteiger charge is -2.20. The Morgan fingerprint density at radius 1 is 1.43 bits per heavy atom. The van der Waals surface area contributed by atoms with Crippen molar-refractivity contribution >= 4 is 11.7 Å². The molecule has 2 rings (SSSR count). The van der Waals surface area contributed by atoms with Gasteiger partial charge >= 0.3 is 0 Å². The second-order valence-electron chi connectivity index (χ2n) is 5.18. The van der Waals surface area contributed by atoms with Gasteiger partial charge in [-0.2, -0.15) is 0 Å². The van der Waals surface area contributed by atoms with E-state index in [1.54, 1.807) is 6.07 Å². The molecule has 1 atom stereocenters. The molecule has 1 fully saturated rings. The number of rotatable bonds is 6. The van der Waals surface area contributed by atoms with Crippen LogP contribution in [-0.2, 0) is 4.74 Å². The van der Waals surface area contributed by atoms with E-state index in [0.717, 1.165) is 38.4 Å². The molecule has 116 valence electrons. The zero-order valence-corrected chi connectivity index (χ0v) is 13.1. The molecule has 1 amide bonds. The number of aromatic nitrogens is 2. The lowest BCUT2D eigenvalue weighted by atomic mass is 10.2. The summed E-state index contributed by atoms with van der Waals surface area (Å²) in [6, 6.07) is 1.75. The molecule has 1 unspecified atom stereocenters. The van der Waals surface area contributed by atoms with Gasteiger partial charge in [0.2, 0.25) is 0 Å². The Morgan fingerprint density at radius 2 is 2.19 bits per heavy atom. The molecule has 0 saturated carbocycles. The standard InChI is InChI=1S/C15H24N4O2/c1-4-19(5-2)14-9-13(17-11(3)18-14)15(20)16-10-12-7-6-8-21-12/h9,12H,4-8,10H2,1-3H3,(H,16,20). The smallest absolute Gasteiger partial charge is 0.270 e. The quantitative estimate of drug-likeness (QED) is 0.861. The number of amides is 1. The monoisotopic (exact) mass is 292 g/mol. The molecule has 0 aliphatic carbocycles. The molecular weight excluding hydrogens is 268 g/mol. The van der Waals surface area contributed by atoms with Crippen molar-refractivity contribution in [2.75, 3.05) is 31.1 Å². The van der Waals surface area contributed by atoms with Crippen LogP contribution in [0.15, 0.2) is 6.07 Å². The number of nitrogens with zero attached hydrogens (tertiary/aromatic N) is 3. The second-order valence-corrected chi connectivity index (χ2v) is 5.18. The van der Waals surface area contributed by atoms with E-state index in [9.17, 15) is 4.79 Å². The fourth-order valence-electron chi connectivity index (χ4n) is 2.48. The van der Waals surface area contributed by atoms with Gasteiger partial charge in [0.05, 0.1) is 6.10 Å². The lowest BCUT2D eigenvalue weighted by Crippen LogP contribution is -2.33. The number of hydrogen-bond donors (Lipinski definition) is 1. The average molecular weight is 292 g/mol. The molecule has 6 heteroatoms. The summed E-state index contributed by atoms with van der Waals surface area (Å²) in [4.78, 5) is 23.0. The van der Waals surface area contributed by atoms with Gasteiger partial charge in [-0.25, -0.2) is 9.97 Å². The third kappa shape index (κ3) is 4.14. The van der Waals surface area contributed by atoms with E-state index in [4.69, 9.17) is 4.74 Å². The summed E-state index contributed by atoms with van der Waals surface area (Å²) in [5.41, 5.74) is 0.419. The third-order valence-corrected chi connectivity index (χ3v) is 3.66. The second kappa shape index (κ2) is 7.36. The maximum atomic E-state index is 12.2. The normalized spacial score (nSPS) is 17.8. The van der Waals surface area contributed by atoms with Gasteiger partial charge in [0.25, 0.3) is 5.91 Å². The molecule has 1 saturated heterocycles. The number of anilines is 1. The Labute approximate surface area is 125 Å². The van der Waals surface area contributed by atoms with Gasteiger partial charge in [-0.15, -0.1) is 0 Å². The summed E-state index contributed by atoms with van der Waals surface area (Å²) in [6.07, 6.45) is 2.21. The minimum absolute atomic E-state index is 0.138. The van der Waals surface area contributed by atoms with Crippen molar-refractivity contribution in [1.29, 1.82) is 0 Å². The highest BCUT2D eigenvalue weighted by molar-refractivity contribution is 5.93. The van der Waals surface area contributed by atoms with E-state index >= 15 is 0 Å². The Bertz CT molecular complexity index is 483. The first-order valence-electron chi connectivity index (χ1n) is 7.64. The van der Waals surface area contributed by atoms with Gasteiger partial charge < -0.3 is 15.0 Å². The predicted octanol–water partition coefficient (Wildman–Crippen LogP) is 1.54. The Morgan fingerprint density at radius 3 is 2.81 bits per heavy atom. The van der Waals surface area contributed by atoms with E-state index < -0.39 is 0 Å². The highest BCUT2D eigenvalue weighted by atomic mass is 16.5. The minimum atomic E-state index is -0.163. The highest BCUT2D eigenvalue weighted by Crippen LogP contribution is 2.13. The molecule has 0 spiro atoms. The van der Waals surface area contributed by atoms with Crippen LogP contribution >= 0.6 is 0 Å². The first-order chi connectivity index (χ1) is 10.1. The zero-order valence-electron chi connectivity index (χ0n) is 13.1. The van der Waals surface area contributed by atoms with Crippen LogP contribution in [0, 0.1) is 6.92 Å². The van der Waals surface area contributed by atoms with Crippen molar-refractivity contribution in [2.24, 2.45) is 0 Å². The summed E-state index contributed by atoms with van der Waals surface area (Å²) >= 11 is 0. The van der Waals surface area contributed by atoms with E-state index in [1.807, 2.05) is 6.92 Å². The van der Waals surface area contributed by atoms with Crippen LogP contribution in [0.5, 0.6) is 0 Å². The SMILES string of the molecule is CCN(CC)c1cc(C(=O)NCC2CCCO2)nc(C)n1. The summed E-state index contributed by atoms with van der Waals surface area (Å²) in [5.74, 6) is 1.25. The largest absolute Gasteiger partial charge is 0.376 e.